The van der Waals surface area contributed by atoms with Gasteiger partial charge in [-0.1, -0.05) is 29.4 Å². The van der Waals surface area contributed by atoms with Crippen LogP contribution in [-0.4, -0.2) is 47.7 Å². The van der Waals surface area contributed by atoms with Crippen molar-refractivity contribution >= 4 is 29.9 Å². The Hall–Kier alpha value is -1.64. The normalized spacial score (nSPS) is 21.9. The molecule has 1 unspecified atom stereocenters. The third kappa shape index (κ3) is 4.34. The van der Waals surface area contributed by atoms with Crippen LogP contribution in [0.25, 0.3) is 0 Å². The van der Waals surface area contributed by atoms with E-state index < -0.39 is 0 Å². The van der Waals surface area contributed by atoms with Crippen molar-refractivity contribution in [2.75, 3.05) is 26.7 Å². The van der Waals surface area contributed by atoms with Crippen LogP contribution in [0.1, 0.15) is 48.5 Å². The number of halogens is 1. The lowest BCUT2D eigenvalue weighted by Gasteiger charge is -2.47. The first-order chi connectivity index (χ1) is 13.2. The van der Waals surface area contributed by atoms with Crippen LogP contribution in [0.2, 0.25) is 0 Å². The highest BCUT2D eigenvalue weighted by molar-refractivity contribution is 14.0. The van der Waals surface area contributed by atoms with Gasteiger partial charge in [0.2, 0.25) is 5.89 Å². The predicted octanol–water partition coefficient (Wildman–Crippen LogP) is 3.48. The summed E-state index contributed by atoms with van der Waals surface area (Å²) in [5.74, 6) is 2.34. The van der Waals surface area contributed by atoms with Crippen LogP contribution in [-0.2, 0) is 18.3 Å². The number of rotatable bonds is 3. The van der Waals surface area contributed by atoms with Crippen molar-refractivity contribution in [3.63, 3.8) is 0 Å². The van der Waals surface area contributed by atoms with E-state index in [0.717, 1.165) is 25.6 Å². The molecule has 7 heteroatoms. The first-order valence-electron chi connectivity index (χ1n) is 10.0. The molecule has 0 bridgehead atoms. The highest BCUT2D eigenvalue weighted by Crippen LogP contribution is 2.43. The number of guanidine groups is 1. The fraction of sp³-hybridized carbons (Fsp3) is 0.571. The summed E-state index contributed by atoms with van der Waals surface area (Å²) in [6, 6.07) is 9.04. The minimum atomic E-state index is 0. The van der Waals surface area contributed by atoms with Crippen LogP contribution in [0, 0.1) is 6.92 Å². The van der Waals surface area contributed by atoms with Crippen molar-refractivity contribution in [1.82, 2.24) is 20.4 Å². The van der Waals surface area contributed by atoms with Crippen LogP contribution >= 0.6 is 24.0 Å². The number of fused-ring (bicyclic) bond motifs is 2. The summed E-state index contributed by atoms with van der Waals surface area (Å²) in [5, 5.41) is 7.34. The molecule has 1 aromatic heterocycles. The van der Waals surface area contributed by atoms with Gasteiger partial charge in [0, 0.05) is 38.5 Å². The second-order valence-electron chi connectivity index (χ2n) is 7.78. The second-order valence-corrected chi connectivity index (χ2v) is 7.78. The Balaban J connectivity index is 0.00000225. The van der Waals surface area contributed by atoms with Crippen LogP contribution in [0.15, 0.2) is 33.8 Å². The molecule has 28 heavy (non-hydrogen) atoms. The number of hydrogen-bond acceptors (Lipinski definition) is 4. The van der Waals surface area contributed by atoms with Crippen molar-refractivity contribution in [1.29, 1.82) is 0 Å². The molecule has 1 aliphatic heterocycles. The van der Waals surface area contributed by atoms with Crippen LogP contribution in [0.5, 0.6) is 0 Å². The van der Waals surface area contributed by atoms with Gasteiger partial charge in [0.05, 0.1) is 0 Å². The van der Waals surface area contributed by atoms with E-state index >= 15 is 0 Å². The molecule has 0 saturated carbocycles. The molecule has 1 fully saturated rings. The average molecular weight is 495 g/mol. The molecule has 1 spiro atoms. The van der Waals surface area contributed by atoms with Gasteiger partial charge in [-0.25, -0.2) is 0 Å². The van der Waals surface area contributed by atoms with E-state index in [1.165, 1.54) is 32.1 Å². The van der Waals surface area contributed by atoms with Gasteiger partial charge in [0.15, 0.2) is 11.8 Å². The van der Waals surface area contributed by atoms with E-state index in [4.69, 9.17) is 4.52 Å². The Morgan fingerprint density at radius 2 is 2.11 bits per heavy atom. The van der Waals surface area contributed by atoms with Gasteiger partial charge in [-0.05, 0) is 50.2 Å². The van der Waals surface area contributed by atoms with E-state index in [1.54, 1.807) is 11.1 Å². The largest absolute Gasteiger partial charge is 0.356 e. The molecule has 4 rings (SSSR count). The molecule has 2 aliphatic rings. The van der Waals surface area contributed by atoms with Gasteiger partial charge in [-0.2, -0.15) is 4.98 Å². The van der Waals surface area contributed by atoms with E-state index in [-0.39, 0.29) is 29.4 Å². The van der Waals surface area contributed by atoms with Crippen molar-refractivity contribution in [3.05, 3.63) is 47.1 Å². The van der Waals surface area contributed by atoms with E-state index in [0.29, 0.717) is 18.1 Å². The maximum Gasteiger partial charge on any atom is 0.228 e. The number of aliphatic imine (C=N–C) groups is 1. The van der Waals surface area contributed by atoms with Gasteiger partial charge in [0.1, 0.15) is 0 Å². The van der Waals surface area contributed by atoms with Crippen molar-refractivity contribution < 1.29 is 4.52 Å². The SMILES string of the molecule is CN=C(NCCc1nc(C)no1)N1CCCC2(CCCc3ccccc32)C1.I. The summed E-state index contributed by atoms with van der Waals surface area (Å²) in [5.41, 5.74) is 3.38. The Morgan fingerprint density at radius 3 is 2.89 bits per heavy atom. The summed E-state index contributed by atoms with van der Waals surface area (Å²) in [7, 11) is 1.87. The molecule has 2 heterocycles. The van der Waals surface area contributed by atoms with Crippen LogP contribution < -0.4 is 5.32 Å². The highest BCUT2D eigenvalue weighted by Gasteiger charge is 2.40. The topological polar surface area (TPSA) is 66.5 Å². The zero-order valence-electron chi connectivity index (χ0n) is 16.8. The Kier molecular flexibility index (Phi) is 6.95. The Labute approximate surface area is 184 Å². The first kappa shape index (κ1) is 21.1. The summed E-state index contributed by atoms with van der Waals surface area (Å²) in [4.78, 5) is 11.3. The van der Waals surface area contributed by atoms with Gasteiger partial charge in [-0.3, -0.25) is 4.99 Å². The second kappa shape index (κ2) is 9.24. The molecule has 1 atom stereocenters. The monoisotopic (exact) mass is 495 g/mol. The zero-order valence-corrected chi connectivity index (χ0v) is 19.1. The molecule has 1 saturated heterocycles. The molecule has 2 aromatic rings. The average Bonchev–Trinajstić information content (AvgIpc) is 3.11. The Bertz CT molecular complexity index is 821. The summed E-state index contributed by atoms with van der Waals surface area (Å²) in [6.07, 6.45) is 6.97. The third-order valence-corrected chi connectivity index (χ3v) is 5.97. The molecule has 1 aliphatic carbocycles. The van der Waals surface area contributed by atoms with E-state index in [2.05, 4.69) is 49.6 Å². The predicted molar refractivity (Wildman–Crippen MR) is 121 cm³/mol. The fourth-order valence-corrected chi connectivity index (χ4v) is 4.80. The first-order valence-corrected chi connectivity index (χ1v) is 10.0. The summed E-state index contributed by atoms with van der Waals surface area (Å²) < 4.78 is 5.20. The lowest BCUT2D eigenvalue weighted by atomic mass is 9.66. The van der Waals surface area contributed by atoms with Crippen molar-refractivity contribution in [2.24, 2.45) is 4.99 Å². The van der Waals surface area contributed by atoms with Gasteiger partial charge in [-0.15, -0.1) is 24.0 Å². The third-order valence-electron chi connectivity index (χ3n) is 5.97. The molecular formula is C21H30IN5O. The lowest BCUT2D eigenvalue weighted by Crippen LogP contribution is -2.53. The number of piperidine rings is 1. The van der Waals surface area contributed by atoms with Gasteiger partial charge >= 0.3 is 0 Å². The molecule has 1 aromatic carbocycles. The number of aryl methyl sites for hydroxylation is 2. The zero-order chi connectivity index (χ0) is 18.7. The van der Waals surface area contributed by atoms with E-state index in [1.807, 2.05) is 14.0 Å². The standard InChI is InChI=1S/C21H29N5O.HI/c1-16-24-19(27-25-16)10-13-23-20(22-2)26-14-6-12-21(15-26)11-5-8-17-7-3-4-9-18(17)21;/h3-4,7,9H,5-6,8,10-15H2,1-2H3,(H,22,23);1H. The quantitative estimate of drug-likeness (QED) is 0.401. The van der Waals surface area contributed by atoms with Crippen LogP contribution in [0.4, 0.5) is 0 Å². The molecule has 0 radical (unpaired) electrons. The van der Waals surface area contributed by atoms with E-state index in [9.17, 15) is 0 Å². The number of likely N-dealkylation sites (tertiary alicyclic amines) is 1. The number of nitrogens with one attached hydrogen (secondary N) is 1. The maximum atomic E-state index is 5.20. The molecule has 0 amide bonds. The smallest absolute Gasteiger partial charge is 0.228 e. The lowest BCUT2D eigenvalue weighted by molar-refractivity contribution is 0.188. The Morgan fingerprint density at radius 1 is 1.29 bits per heavy atom. The maximum absolute atomic E-state index is 5.20. The molecule has 152 valence electrons. The van der Waals surface area contributed by atoms with Crippen molar-refractivity contribution in [2.45, 2.75) is 50.9 Å². The fourth-order valence-electron chi connectivity index (χ4n) is 4.80. The summed E-state index contributed by atoms with van der Waals surface area (Å²) >= 11 is 0. The van der Waals surface area contributed by atoms with Gasteiger partial charge < -0.3 is 14.7 Å². The molecule has 1 N–H and O–H groups in total. The van der Waals surface area contributed by atoms with Crippen molar-refractivity contribution in [3.8, 4) is 0 Å². The number of benzene rings is 1. The number of nitrogens with zero attached hydrogens (tertiary/aromatic N) is 4. The highest BCUT2D eigenvalue weighted by atomic mass is 127. The summed E-state index contributed by atoms with van der Waals surface area (Å²) in [6.45, 7) is 4.69. The van der Waals surface area contributed by atoms with Crippen LogP contribution in [0.3, 0.4) is 0 Å². The minimum absolute atomic E-state index is 0. The minimum Gasteiger partial charge on any atom is -0.356 e. The molecular weight excluding hydrogens is 465 g/mol. The number of hydrogen-bond donors (Lipinski definition) is 1. The molecule has 6 nitrogen and oxygen atoms in total. The van der Waals surface area contributed by atoms with Gasteiger partial charge in [0.25, 0.3) is 0 Å². The number of aromatic nitrogens is 2.